The Morgan fingerprint density at radius 2 is 2.13 bits per heavy atom. The molecular formula is C17H20N4O2. The second-order valence-corrected chi connectivity index (χ2v) is 6.19. The maximum Gasteiger partial charge on any atom is 0.225 e. The van der Waals surface area contributed by atoms with Gasteiger partial charge in [0.1, 0.15) is 0 Å². The van der Waals surface area contributed by atoms with E-state index in [1.807, 2.05) is 37.6 Å². The summed E-state index contributed by atoms with van der Waals surface area (Å²) in [6.45, 7) is 4.83. The van der Waals surface area contributed by atoms with Gasteiger partial charge >= 0.3 is 0 Å². The van der Waals surface area contributed by atoms with Gasteiger partial charge in [0.05, 0.1) is 32.0 Å². The van der Waals surface area contributed by atoms with Crippen molar-refractivity contribution in [1.82, 2.24) is 15.0 Å². The lowest BCUT2D eigenvalue weighted by atomic mass is 10.0. The predicted octanol–water partition coefficient (Wildman–Crippen LogP) is 1.60. The van der Waals surface area contributed by atoms with Crippen molar-refractivity contribution in [2.24, 2.45) is 5.92 Å². The number of ether oxygens (including phenoxy) is 2. The number of anilines is 1. The summed E-state index contributed by atoms with van der Waals surface area (Å²) in [5.74, 6) is 1.14. The van der Waals surface area contributed by atoms with E-state index < -0.39 is 0 Å². The van der Waals surface area contributed by atoms with Crippen LogP contribution in [0.2, 0.25) is 0 Å². The molecule has 2 aromatic rings. The zero-order chi connectivity index (χ0) is 15.6. The molecule has 2 aliphatic rings. The Morgan fingerprint density at radius 3 is 2.91 bits per heavy atom. The van der Waals surface area contributed by atoms with Crippen molar-refractivity contribution in [3.8, 4) is 0 Å². The second-order valence-electron chi connectivity index (χ2n) is 6.19. The quantitative estimate of drug-likeness (QED) is 0.854. The zero-order valence-corrected chi connectivity index (χ0v) is 13.1. The number of hydrogen-bond acceptors (Lipinski definition) is 6. The number of aryl methyl sites for hydroxylation is 1. The summed E-state index contributed by atoms with van der Waals surface area (Å²) in [6.07, 6.45) is 7.47. The van der Waals surface area contributed by atoms with Crippen molar-refractivity contribution < 1.29 is 9.47 Å². The topological polar surface area (TPSA) is 60.4 Å². The molecule has 0 spiro atoms. The molecule has 23 heavy (non-hydrogen) atoms. The Labute approximate surface area is 135 Å². The highest BCUT2D eigenvalue weighted by Crippen LogP contribution is 2.34. The Hall–Kier alpha value is -2.05. The maximum absolute atomic E-state index is 6.16. The SMILES string of the molecule is Cc1cnc(N2C[C@@H](OCc3cccnc3)[C@@H]3COC[C@@H]32)nc1. The van der Waals surface area contributed by atoms with Gasteiger partial charge < -0.3 is 14.4 Å². The van der Waals surface area contributed by atoms with Crippen LogP contribution in [0.25, 0.3) is 0 Å². The Kier molecular flexibility index (Phi) is 3.93. The molecule has 0 amide bonds. The van der Waals surface area contributed by atoms with E-state index in [1.54, 1.807) is 6.20 Å². The number of aromatic nitrogens is 3. The highest BCUT2D eigenvalue weighted by atomic mass is 16.5. The van der Waals surface area contributed by atoms with Crippen LogP contribution < -0.4 is 4.90 Å². The van der Waals surface area contributed by atoms with Crippen LogP contribution in [-0.2, 0) is 16.1 Å². The van der Waals surface area contributed by atoms with Gasteiger partial charge in [-0.25, -0.2) is 9.97 Å². The van der Waals surface area contributed by atoms with Crippen molar-refractivity contribution in [3.05, 3.63) is 48.0 Å². The van der Waals surface area contributed by atoms with Crippen LogP contribution in [0.15, 0.2) is 36.9 Å². The van der Waals surface area contributed by atoms with Crippen LogP contribution in [0.1, 0.15) is 11.1 Å². The number of pyridine rings is 1. The van der Waals surface area contributed by atoms with Gasteiger partial charge in [0.25, 0.3) is 0 Å². The molecule has 2 saturated heterocycles. The van der Waals surface area contributed by atoms with Crippen molar-refractivity contribution >= 4 is 5.95 Å². The van der Waals surface area contributed by atoms with Gasteiger partial charge in [0.2, 0.25) is 5.95 Å². The van der Waals surface area contributed by atoms with Crippen molar-refractivity contribution in [1.29, 1.82) is 0 Å². The van der Waals surface area contributed by atoms with E-state index in [0.29, 0.717) is 25.2 Å². The summed E-state index contributed by atoms with van der Waals surface area (Å²) in [5.41, 5.74) is 2.16. The molecule has 3 atom stereocenters. The average molecular weight is 312 g/mol. The van der Waals surface area contributed by atoms with Gasteiger partial charge in [-0.15, -0.1) is 0 Å². The van der Waals surface area contributed by atoms with Crippen LogP contribution in [0.5, 0.6) is 0 Å². The van der Waals surface area contributed by atoms with Gasteiger partial charge in [-0.05, 0) is 24.1 Å². The molecule has 0 unspecified atom stereocenters. The molecule has 0 aromatic carbocycles. The first-order valence-corrected chi connectivity index (χ1v) is 7.95. The molecular weight excluding hydrogens is 292 g/mol. The number of nitrogens with zero attached hydrogens (tertiary/aromatic N) is 4. The molecule has 120 valence electrons. The molecule has 4 heterocycles. The third kappa shape index (κ3) is 2.92. The minimum atomic E-state index is 0.132. The average Bonchev–Trinajstić information content (AvgIpc) is 3.18. The monoisotopic (exact) mass is 312 g/mol. The lowest BCUT2D eigenvalue weighted by Crippen LogP contribution is -2.34. The van der Waals surface area contributed by atoms with Gasteiger partial charge in [-0.1, -0.05) is 6.07 Å². The predicted molar refractivity (Wildman–Crippen MR) is 85.0 cm³/mol. The molecule has 0 aliphatic carbocycles. The van der Waals surface area contributed by atoms with E-state index in [-0.39, 0.29) is 6.10 Å². The highest BCUT2D eigenvalue weighted by Gasteiger charge is 2.47. The van der Waals surface area contributed by atoms with E-state index >= 15 is 0 Å². The fourth-order valence-corrected chi connectivity index (χ4v) is 3.33. The van der Waals surface area contributed by atoms with E-state index in [1.165, 1.54) is 0 Å². The first-order valence-electron chi connectivity index (χ1n) is 7.95. The summed E-state index contributed by atoms with van der Waals surface area (Å²) >= 11 is 0. The van der Waals surface area contributed by atoms with Gasteiger partial charge in [0.15, 0.2) is 0 Å². The standard InChI is InChI=1S/C17H20N4O2/c1-12-5-19-17(20-6-12)21-8-16(14-10-22-11-15(14)21)23-9-13-3-2-4-18-7-13/h2-7,14-16H,8-11H2,1H3/t14-,15+,16-/m1/s1. The fourth-order valence-electron chi connectivity index (χ4n) is 3.33. The maximum atomic E-state index is 6.16. The highest BCUT2D eigenvalue weighted by molar-refractivity contribution is 5.36. The summed E-state index contributed by atoms with van der Waals surface area (Å²) in [5, 5.41) is 0. The molecule has 6 nitrogen and oxygen atoms in total. The molecule has 2 fully saturated rings. The lowest BCUT2D eigenvalue weighted by molar-refractivity contribution is 0.0159. The van der Waals surface area contributed by atoms with Gasteiger partial charge in [-0.3, -0.25) is 4.98 Å². The van der Waals surface area contributed by atoms with Crippen LogP contribution in [0.3, 0.4) is 0 Å². The smallest absolute Gasteiger partial charge is 0.225 e. The van der Waals surface area contributed by atoms with E-state index in [4.69, 9.17) is 9.47 Å². The van der Waals surface area contributed by atoms with Gasteiger partial charge in [0, 0.05) is 37.3 Å². The minimum Gasteiger partial charge on any atom is -0.379 e. The van der Waals surface area contributed by atoms with Crippen LogP contribution in [-0.4, -0.2) is 46.9 Å². The summed E-state index contributed by atoms with van der Waals surface area (Å²) in [6, 6.07) is 4.27. The number of hydrogen-bond donors (Lipinski definition) is 0. The fraction of sp³-hybridized carbons (Fsp3) is 0.471. The Balaban J connectivity index is 1.47. The van der Waals surface area contributed by atoms with Crippen LogP contribution in [0, 0.1) is 12.8 Å². The molecule has 0 bridgehead atoms. The molecule has 0 saturated carbocycles. The molecule has 2 aliphatic heterocycles. The lowest BCUT2D eigenvalue weighted by Gasteiger charge is -2.22. The minimum absolute atomic E-state index is 0.132. The Morgan fingerprint density at radius 1 is 1.26 bits per heavy atom. The van der Waals surface area contributed by atoms with Gasteiger partial charge in [-0.2, -0.15) is 0 Å². The van der Waals surface area contributed by atoms with Crippen molar-refractivity contribution in [2.75, 3.05) is 24.7 Å². The first-order chi connectivity index (χ1) is 11.3. The van der Waals surface area contributed by atoms with Crippen LogP contribution in [0.4, 0.5) is 5.95 Å². The van der Waals surface area contributed by atoms with E-state index in [0.717, 1.165) is 30.2 Å². The molecule has 6 heteroatoms. The van der Waals surface area contributed by atoms with E-state index in [2.05, 4.69) is 19.9 Å². The molecule has 0 radical (unpaired) electrons. The Bertz CT molecular complexity index is 649. The van der Waals surface area contributed by atoms with E-state index in [9.17, 15) is 0 Å². The number of rotatable bonds is 4. The summed E-state index contributed by atoms with van der Waals surface area (Å²) in [7, 11) is 0. The largest absolute Gasteiger partial charge is 0.379 e. The zero-order valence-electron chi connectivity index (χ0n) is 13.1. The third-order valence-electron chi connectivity index (χ3n) is 4.56. The normalized spacial score (nSPS) is 26.5. The second kappa shape index (κ2) is 6.22. The van der Waals surface area contributed by atoms with Crippen molar-refractivity contribution in [3.63, 3.8) is 0 Å². The van der Waals surface area contributed by atoms with Crippen LogP contribution >= 0.6 is 0 Å². The molecule has 2 aromatic heterocycles. The first kappa shape index (κ1) is 14.5. The summed E-state index contributed by atoms with van der Waals surface area (Å²) in [4.78, 5) is 15.3. The summed E-state index contributed by atoms with van der Waals surface area (Å²) < 4.78 is 11.8. The molecule has 4 rings (SSSR count). The molecule has 0 N–H and O–H groups in total. The third-order valence-corrected chi connectivity index (χ3v) is 4.56. The number of fused-ring (bicyclic) bond motifs is 1. The van der Waals surface area contributed by atoms with Crippen molar-refractivity contribution in [2.45, 2.75) is 25.7 Å².